The fourth-order valence-corrected chi connectivity index (χ4v) is 3.08. The summed E-state index contributed by atoms with van der Waals surface area (Å²) in [6.07, 6.45) is 0. The lowest BCUT2D eigenvalue weighted by Crippen LogP contribution is -2.37. The second-order valence-corrected chi connectivity index (χ2v) is 5.64. The fraction of sp³-hybridized carbons (Fsp3) is 0.111. The summed E-state index contributed by atoms with van der Waals surface area (Å²) < 4.78 is 24.0. The number of sulfone groups is 1. The number of hydrogen-bond acceptors (Lipinski definition) is 4. The van der Waals surface area contributed by atoms with E-state index in [1.165, 1.54) is 12.1 Å². The first-order valence-electron chi connectivity index (χ1n) is 4.42. The van der Waals surface area contributed by atoms with Crippen LogP contribution in [0, 0.1) is 0 Å². The highest BCUT2D eigenvalue weighted by Gasteiger charge is 2.39. The second kappa shape index (κ2) is 3.84. The van der Waals surface area contributed by atoms with Crippen molar-refractivity contribution in [3.8, 4) is 0 Å². The average Bonchev–Trinajstić information content (AvgIpc) is 2.60. The lowest BCUT2D eigenvalue weighted by atomic mass is 10.4. The third-order valence-corrected chi connectivity index (χ3v) is 4.22. The second-order valence-electron chi connectivity index (χ2n) is 3.20. The first-order valence-corrected chi connectivity index (χ1v) is 6.37. The normalized spacial score (nSPS) is 20.4. The fourth-order valence-electron chi connectivity index (χ4n) is 1.36. The molecule has 1 heterocycles. The van der Waals surface area contributed by atoms with Gasteiger partial charge in [0.2, 0.25) is 15.2 Å². The Balaban J connectivity index is 2.41. The molecule has 84 valence electrons. The molecule has 1 unspecified atom stereocenters. The van der Waals surface area contributed by atoms with Gasteiger partial charge in [-0.3, -0.25) is 4.79 Å². The molecule has 1 aliphatic rings. The van der Waals surface area contributed by atoms with Crippen molar-refractivity contribution in [3.05, 3.63) is 30.3 Å². The zero-order valence-electron chi connectivity index (χ0n) is 8.01. The van der Waals surface area contributed by atoms with Crippen LogP contribution in [0.2, 0.25) is 0 Å². The van der Waals surface area contributed by atoms with Gasteiger partial charge in [-0.05, 0) is 24.4 Å². The smallest absolute Gasteiger partial charge is 0.264 e. The van der Waals surface area contributed by atoms with E-state index in [1.807, 2.05) is 0 Å². The van der Waals surface area contributed by atoms with Crippen LogP contribution in [-0.2, 0) is 14.6 Å². The SMILES string of the molecule is O=C1NC(=S)NC1S(=O)(=O)c1ccccc1. The van der Waals surface area contributed by atoms with Gasteiger partial charge in [-0.1, -0.05) is 18.2 Å². The molecule has 0 spiro atoms. The zero-order valence-corrected chi connectivity index (χ0v) is 9.64. The third kappa shape index (κ3) is 1.79. The molecular formula is C9H8N2O3S2. The van der Waals surface area contributed by atoms with E-state index in [0.717, 1.165) is 0 Å². The van der Waals surface area contributed by atoms with Crippen molar-refractivity contribution in [1.82, 2.24) is 10.6 Å². The summed E-state index contributed by atoms with van der Waals surface area (Å²) in [6, 6.07) is 7.76. The third-order valence-electron chi connectivity index (χ3n) is 2.12. The number of benzene rings is 1. The summed E-state index contributed by atoms with van der Waals surface area (Å²) in [5.41, 5.74) is 0. The quantitative estimate of drug-likeness (QED) is 0.716. The Bertz CT molecular complexity index is 539. The summed E-state index contributed by atoms with van der Waals surface area (Å²) in [4.78, 5) is 11.5. The van der Waals surface area contributed by atoms with E-state index in [0.29, 0.717) is 0 Å². The lowest BCUT2D eigenvalue weighted by Gasteiger charge is -2.09. The maximum Gasteiger partial charge on any atom is 0.264 e. The Morgan fingerprint density at radius 3 is 2.31 bits per heavy atom. The molecule has 1 saturated heterocycles. The van der Waals surface area contributed by atoms with Crippen molar-refractivity contribution in [2.75, 3.05) is 0 Å². The number of rotatable bonds is 2. The maximum atomic E-state index is 12.0. The van der Waals surface area contributed by atoms with Gasteiger partial charge in [-0.2, -0.15) is 0 Å². The summed E-state index contributed by atoms with van der Waals surface area (Å²) in [6.45, 7) is 0. The molecular weight excluding hydrogens is 248 g/mol. The maximum absolute atomic E-state index is 12.0. The Morgan fingerprint density at radius 2 is 1.81 bits per heavy atom. The molecule has 5 nitrogen and oxygen atoms in total. The number of carbonyl (C=O) groups is 1. The first kappa shape index (κ1) is 11.0. The van der Waals surface area contributed by atoms with Crippen molar-refractivity contribution < 1.29 is 13.2 Å². The van der Waals surface area contributed by atoms with Crippen LogP contribution in [0.15, 0.2) is 35.2 Å². The van der Waals surface area contributed by atoms with Crippen molar-refractivity contribution >= 4 is 33.1 Å². The van der Waals surface area contributed by atoms with Crippen LogP contribution in [0.25, 0.3) is 0 Å². The van der Waals surface area contributed by atoms with Crippen LogP contribution in [0.1, 0.15) is 0 Å². The molecule has 0 aromatic heterocycles. The largest absolute Gasteiger partial charge is 0.338 e. The lowest BCUT2D eigenvalue weighted by molar-refractivity contribution is -0.118. The summed E-state index contributed by atoms with van der Waals surface area (Å²) >= 11 is 4.68. The first-order chi connectivity index (χ1) is 7.51. The Kier molecular flexibility index (Phi) is 2.64. The van der Waals surface area contributed by atoms with Crippen molar-refractivity contribution in [2.45, 2.75) is 10.3 Å². The molecule has 1 fully saturated rings. The molecule has 1 aromatic carbocycles. The number of amides is 1. The standard InChI is InChI=1S/C9H8N2O3S2/c12-7-8(11-9(15)10-7)16(13,14)6-4-2-1-3-5-6/h1-5,8H,(H2,10,11,12,15). The van der Waals surface area contributed by atoms with Crippen molar-refractivity contribution in [1.29, 1.82) is 0 Å². The Hall–Kier alpha value is -1.47. The van der Waals surface area contributed by atoms with Crippen molar-refractivity contribution in [2.24, 2.45) is 0 Å². The number of carbonyl (C=O) groups excluding carboxylic acids is 1. The van der Waals surface area contributed by atoms with E-state index in [1.54, 1.807) is 18.2 Å². The van der Waals surface area contributed by atoms with Gasteiger partial charge in [0, 0.05) is 0 Å². The van der Waals surface area contributed by atoms with Gasteiger partial charge in [-0.15, -0.1) is 0 Å². The van der Waals surface area contributed by atoms with E-state index in [-0.39, 0.29) is 10.0 Å². The molecule has 7 heteroatoms. The van der Waals surface area contributed by atoms with Gasteiger partial charge in [0.15, 0.2) is 5.11 Å². The molecule has 1 atom stereocenters. The zero-order chi connectivity index (χ0) is 11.8. The molecule has 0 radical (unpaired) electrons. The van der Waals surface area contributed by atoms with Crippen LogP contribution in [0.4, 0.5) is 0 Å². The number of thiocarbonyl (C=S) groups is 1. The molecule has 2 N–H and O–H groups in total. The van der Waals surface area contributed by atoms with E-state index >= 15 is 0 Å². The molecule has 1 aromatic rings. The summed E-state index contributed by atoms with van der Waals surface area (Å²) in [5, 5.41) is 3.38. The van der Waals surface area contributed by atoms with Crippen LogP contribution in [0.3, 0.4) is 0 Å². The molecule has 0 saturated carbocycles. The Labute approximate surface area is 97.8 Å². The van der Waals surface area contributed by atoms with Gasteiger partial charge in [0.05, 0.1) is 4.90 Å². The number of hydrogen-bond donors (Lipinski definition) is 2. The molecule has 1 aliphatic heterocycles. The van der Waals surface area contributed by atoms with Crippen LogP contribution < -0.4 is 10.6 Å². The van der Waals surface area contributed by atoms with Crippen LogP contribution in [0.5, 0.6) is 0 Å². The average molecular weight is 256 g/mol. The monoisotopic (exact) mass is 256 g/mol. The highest BCUT2D eigenvalue weighted by Crippen LogP contribution is 2.16. The topological polar surface area (TPSA) is 75.3 Å². The minimum atomic E-state index is -3.73. The predicted molar refractivity (Wildman–Crippen MR) is 61.3 cm³/mol. The van der Waals surface area contributed by atoms with Crippen LogP contribution in [-0.4, -0.2) is 24.8 Å². The van der Waals surface area contributed by atoms with Crippen molar-refractivity contribution in [3.63, 3.8) is 0 Å². The van der Waals surface area contributed by atoms with Gasteiger partial charge < -0.3 is 10.6 Å². The minimum absolute atomic E-state index is 0.0366. The van der Waals surface area contributed by atoms with Crippen LogP contribution >= 0.6 is 12.2 Å². The van der Waals surface area contributed by atoms with Gasteiger partial charge in [0.25, 0.3) is 5.91 Å². The molecule has 0 bridgehead atoms. The molecule has 16 heavy (non-hydrogen) atoms. The van der Waals surface area contributed by atoms with Gasteiger partial charge in [0.1, 0.15) is 0 Å². The summed E-state index contributed by atoms with van der Waals surface area (Å²) in [7, 11) is -3.73. The number of nitrogens with one attached hydrogen (secondary N) is 2. The van der Waals surface area contributed by atoms with E-state index in [9.17, 15) is 13.2 Å². The van der Waals surface area contributed by atoms with Gasteiger partial charge >= 0.3 is 0 Å². The summed E-state index contributed by atoms with van der Waals surface area (Å²) in [5.74, 6) is -0.645. The Morgan fingerprint density at radius 1 is 1.19 bits per heavy atom. The minimum Gasteiger partial charge on any atom is -0.338 e. The van der Waals surface area contributed by atoms with E-state index in [4.69, 9.17) is 0 Å². The van der Waals surface area contributed by atoms with E-state index < -0.39 is 21.1 Å². The highest BCUT2D eigenvalue weighted by atomic mass is 32.2. The molecule has 1 amide bonds. The predicted octanol–water partition coefficient (Wildman–Crippen LogP) is -0.209. The van der Waals surface area contributed by atoms with Gasteiger partial charge in [-0.25, -0.2) is 8.42 Å². The molecule has 2 rings (SSSR count). The van der Waals surface area contributed by atoms with E-state index in [2.05, 4.69) is 22.9 Å². The molecule has 0 aliphatic carbocycles. The highest BCUT2D eigenvalue weighted by molar-refractivity contribution is 7.93.